The third-order valence-corrected chi connectivity index (χ3v) is 4.00. The molecule has 2 aromatic carbocycles. The quantitative estimate of drug-likeness (QED) is 0.928. The van der Waals surface area contributed by atoms with Gasteiger partial charge in [-0.3, -0.25) is 4.79 Å². The highest BCUT2D eigenvalue weighted by molar-refractivity contribution is 6.05. The van der Waals surface area contributed by atoms with Crippen molar-refractivity contribution in [3.05, 3.63) is 47.5 Å². The summed E-state index contributed by atoms with van der Waals surface area (Å²) in [6.45, 7) is 0. The molecule has 2 atom stereocenters. The van der Waals surface area contributed by atoms with Crippen molar-refractivity contribution in [2.45, 2.75) is 12.2 Å². The summed E-state index contributed by atoms with van der Waals surface area (Å²) >= 11 is 0. The summed E-state index contributed by atoms with van der Waals surface area (Å²) < 4.78 is 21.4. The number of carbonyl (C=O) groups is 1. The van der Waals surface area contributed by atoms with Crippen molar-refractivity contribution in [1.82, 2.24) is 0 Å². The van der Waals surface area contributed by atoms with Gasteiger partial charge in [-0.25, -0.2) is 0 Å². The molecule has 0 saturated carbocycles. The lowest BCUT2D eigenvalue weighted by atomic mass is 9.93. The molecule has 0 aliphatic carbocycles. The van der Waals surface area contributed by atoms with E-state index < -0.39 is 18.0 Å². The Bertz CT molecular complexity index is 753. The van der Waals surface area contributed by atoms with Gasteiger partial charge in [-0.15, -0.1) is 0 Å². The molecule has 1 aliphatic rings. The fraction of sp³-hybridized carbons (Fsp3) is 0.278. The third kappa shape index (κ3) is 2.65. The summed E-state index contributed by atoms with van der Waals surface area (Å²) in [6, 6.07) is 10.2. The van der Waals surface area contributed by atoms with Crippen LogP contribution in [0, 0.1) is 0 Å². The van der Waals surface area contributed by atoms with Crippen molar-refractivity contribution < 1.29 is 28.8 Å². The van der Waals surface area contributed by atoms with Crippen LogP contribution in [0.2, 0.25) is 0 Å². The summed E-state index contributed by atoms with van der Waals surface area (Å²) in [5, 5.41) is 10.4. The van der Waals surface area contributed by atoms with Crippen LogP contribution in [0.4, 0.5) is 0 Å². The molecule has 24 heavy (non-hydrogen) atoms. The zero-order valence-electron chi connectivity index (χ0n) is 13.6. The lowest BCUT2D eigenvalue weighted by molar-refractivity contribution is 0.0210. The number of hydrogen-bond acceptors (Lipinski definition) is 6. The molecule has 1 N–H and O–H groups in total. The largest absolute Gasteiger partial charge is 0.497 e. The molecule has 0 radical (unpaired) electrons. The highest BCUT2D eigenvalue weighted by atomic mass is 16.5. The monoisotopic (exact) mass is 330 g/mol. The number of fused-ring (bicyclic) bond motifs is 1. The number of ether oxygens (including phenoxy) is 4. The van der Waals surface area contributed by atoms with Crippen LogP contribution in [0.5, 0.6) is 23.0 Å². The van der Waals surface area contributed by atoms with Crippen LogP contribution < -0.4 is 18.9 Å². The number of aliphatic hydroxyl groups is 1. The van der Waals surface area contributed by atoms with E-state index in [4.69, 9.17) is 18.9 Å². The van der Waals surface area contributed by atoms with E-state index in [0.29, 0.717) is 28.6 Å². The number of carbonyl (C=O) groups excluding carboxylic acids is 1. The molecule has 1 aliphatic heterocycles. The molecule has 0 bridgehead atoms. The second kappa shape index (κ2) is 6.41. The van der Waals surface area contributed by atoms with Gasteiger partial charge in [-0.05, 0) is 17.7 Å². The molecule has 0 spiro atoms. The van der Waals surface area contributed by atoms with Crippen LogP contribution in [0.25, 0.3) is 0 Å². The van der Waals surface area contributed by atoms with Gasteiger partial charge < -0.3 is 24.1 Å². The standard InChI is InChI=1S/C18H18O6/c1-21-11-6-4-10(5-7-11)18-17(20)16(19)15-13(23-3)8-12(22-2)9-14(15)24-18/h4-9,17-18,20H,1-3H3/t17-,18-/m1/s1. The predicted octanol–water partition coefficient (Wildman–Crippen LogP) is 2.39. The fourth-order valence-electron chi connectivity index (χ4n) is 2.71. The topological polar surface area (TPSA) is 74.2 Å². The van der Waals surface area contributed by atoms with Gasteiger partial charge in [0.25, 0.3) is 0 Å². The molecular weight excluding hydrogens is 312 g/mol. The van der Waals surface area contributed by atoms with E-state index in [0.717, 1.165) is 0 Å². The van der Waals surface area contributed by atoms with Gasteiger partial charge in [-0.2, -0.15) is 0 Å². The number of rotatable bonds is 4. The smallest absolute Gasteiger partial charge is 0.202 e. The predicted molar refractivity (Wildman–Crippen MR) is 86.2 cm³/mol. The molecule has 0 aromatic heterocycles. The van der Waals surface area contributed by atoms with E-state index in [9.17, 15) is 9.90 Å². The number of hydrogen-bond donors (Lipinski definition) is 1. The normalized spacial score (nSPS) is 19.2. The van der Waals surface area contributed by atoms with Gasteiger partial charge in [0.15, 0.2) is 12.2 Å². The second-order valence-electron chi connectivity index (χ2n) is 5.32. The summed E-state index contributed by atoms with van der Waals surface area (Å²) in [4.78, 5) is 12.6. The number of benzene rings is 2. The Kier molecular flexibility index (Phi) is 4.31. The Balaban J connectivity index is 2.04. The van der Waals surface area contributed by atoms with Crippen LogP contribution in [-0.2, 0) is 0 Å². The molecule has 0 amide bonds. The Morgan fingerprint density at radius 3 is 2.21 bits per heavy atom. The van der Waals surface area contributed by atoms with E-state index in [1.807, 2.05) is 0 Å². The van der Waals surface area contributed by atoms with Gasteiger partial charge >= 0.3 is 0 Å². The molecule has 1 heterocycles. The number of Topliss-reactive ketones (excluding diaryl/α,β-unsaturated/α-hetero) is 1. The van der Waals surface area contributed by atoms with Crippen LogP contribution in [0.1, 0.15) is 22.0 Å². The molecular formula is C18H18O6. The van der Waals surface area contributed by atoms with Gasteiger partial charge in [-0.1, -0.05) is 12.1 Å². The summed E-state index contributed by atoms with van der Waals surface area (Å²) in [5.74, 6) is 1.36. The SMILES string of the molecule is COc1ccc([C@H]2Oc3cc(OC)cc(OC)c3C(=O)[C@H]2O)cc1. The highest BCUT2D eigenvalue weighted by Gasteiger charge is 2.39. The van der Waals surface area contributed by atoms with Crippen molar-refractivity contribution in [2.75, 3.05) is 21.3 Å². The maximum absolute atomic E-state index is 12.6. The minimum Gasteiger partial charge on any atom is -0.497 e. The number of aliphatic hydroxyl groups excluding tert-OH is 1. The molecule has 0 unspecified atom stereocenters. The summed E-state index contributed by atoms with van der Waals surface area (Å²) in [5.41, 5.74) is 0.889. The minimum atomic E-state index is -1.33. The van der Waals surface area contributed by atoms with Gasteiger partial charge in [0, 0.05) is 12.1 Å². The fourth-order valence-corrected chi connectivity index (χ4v) is 2.71. The zero-order chi connectivity index (χ0) is 17.3. The first-order valence-corrected chi connectivity index (χ1v) is 7.38. The third-order valence-electron chi connectivity index (χ3n) is 4.00. The lowest BCUT2D eigenvalue weighted by Crippen LogP contribution is -2.36. The van der Waals surface area contributed by atoms with Crippen LogP contribution in [-0.4, -0.2) is 38.3 Å². The number of ketones is 1. The van der Waals surface area contributed by atoms with Crippen LogP contribution in [0.15, 0.2) is 36.4 Å². The molecule has 2 aromatic rings. The molecule has 6 heteroatoms. The first kappa shape index (κ1) is 16.1. The Hall–Kier alpha value is -2.73. The first-order chi connectivity index (χ1) is 11.6. The molecule has 3 rings (SSSR count). The van der Waals surface area contributed by atoms with E-state index in [1.54, 1.807) is 43.5 Å². The van der Waals surface area contributed by atoms with Crippen molar-refractivity contribution in [1.29, 1.82) is 0 Å². The van der Waals surface area contributed by atoms with E-state index in [-0.39, 0.29) is 5.56 Å². The van der Waals surface area contributed by atoms with E-state index >= 15 is 0 Å². The molecule has 6 nitrogen and oxygen atoms in total. The Morgan fingerprint density at radius 1 is 0.958 bits per heavy atom. The number of methoxy groups -OCH3 is 3. The molecule has 126 valence electrons. The van der Waals surface area contributed by atoms with Crippen molar-refractivity contribution >= 4 is 5.78 Å². The van der Waals surface area contributed by atoms with Crippen molar-refractivity contribution in [3.63, 3.8) is 0 Å². The summed E-state index contributed by atoms with van der Waals surface area (Å²) in [7, 11) is 4.53. The molecule has 0 saturated heterocycles. The maximum Gasteiger partial charge on any atom is 0.202 e. The van der Waals surface area contributed by atoms with E-state index in [2.05, 4.69) is 0 Å². The highest BCUT2D eigenvalue weighted by Crippen LogP contribution is 2.42. The van der Waals surface area contributed by atoms with Gasteiger partial charge in [0.1, 0.15) is 28.6 Å². The van der Waals surface area contributed by atoms with Crippen molar-refractivity contribution in [3.8, 4) is 23.0 Å². The Morgan fingerprint density at radius 2 is 1.62 bits per heavy atom. The Labute approximate surface area is 139 Å². The van der Waals surface area contributed by atoms with Crippen LogP contribution in [0.3, 0.4) is 0 Å². The minimum absolute atomic E-state index is 0.218. The zero-order valence-corrected chi connectivity index (χ0v) is 13.6. The first-order valence-electron chi connectivity index (χ1n) is 7.38. The maximum atomic E-state index is 12.6. The average Bonchev–Trinajstić information content (AvgIpc) is 2.63. The molecule has 0 fully saturated rings. The van der Waals surface area contributed by atoms with Gasteiger partial charge in [0.05, 0.1) is 21.3 Å². The van der Waals surface area contributed by atoms with Gasteiger partial charge in [0.2, 0.25) is 5.78 Å². The second-order valence-corrected chi connectivity index (χ2v) is 5.32. The van der Waals surface area contributed by atoms with Crippen LogP contribution >= 0.6 is 0 Å². The van der Waals surface area contributed by atoms with E-state index in [1.165, 1.54) is 14.2 Å². The lowest BCUT2D eigenvalue weighted by Gasteiger charge is -2.30. The summed E-state index contributed by atoms with van der Waals surface area (Å²) in [6.07, 6.45) is -2.14. The average molecular weight is 330 g/mol. The van der Waals surface area contributed by atoms with Crippen molar-refractivity contribution in [2.24, 2.45) is 0 Å².